The summed E-state index contributed by atoms with van der Waals surface area (Å²) in [6.45, 7) is 0.718. The van der Waals surface area contributed by atoms with Crippen molar-refractivity contribution in [3.8, 4) is 11.3 Å². The van der Waals surface area contributed by atoms with Crippen LogP contribution in [-0.4, -0.2) is 51.5 Å². The average molecular weight is 443 g/mol. The minimum absolute atomic E-state index is 0.0552. The molecule has 1 aliphatic rings. The van der Waals surface area contributed by atoms with Crippen LogP contribution in [0.1, 0.15) is 24.0 Å². The highest BCUT2D eigenvalue weighted by Crippen LogP contribution is 2.26. The van der Waals surface area contributed by atoms with Gasteiger partial charge in [-0.1, -0.05) is 60.7 Å². The summed E-state index contributed by atoms with van der Waals surface area (Å²) >= 11 is 0. The maximum atomic E-state index is 12.7. The molecule has 0 spiro atoms. The van der Waals surface area contributed by atoms with Crippen molar-refractivity contribution in [3.05, 3.63) is 83.6 Å². The van der Waals surface area contributed by atoms with Gasteiger partial charge >= 0.3 is 6.03 Å². The van der Waals surface area contributed by atoms with Gasteiger partial charge in [-0.2, -0.15) is 5.10 Å². The highest BCUT2D eigenvalue weighted by Gasteiger charge is 2.38. The summed E-state index contributed by atoms with van der Waals surface area (Å²) in [6.07, 6.45) is 6.36. The van der Waals surface area contributed by atoms with Crippen molar-refractivity contribution in [3.63, 3.8) is 0 Å². The van der Waals surface area contributed by atoms with Crippen molar-refractivity contribution < 1.29 is 14.4 Å². The first-order valence-electron chi connectivity index (χ1n) is 10.9. The second kappa shape index (κ2) is 9.65. The summed E-state index contributed by atoms with van der Waals surface area (Å²) in [5.41, 5.74) is 3.50. The van der Waals surface area contributed by atoms with Crippen LogP contribution in [0.5, 0.6) is 0 Å². The molecule has 7 heteroatoms. The average Bonchev–Trinajstić information content (AvgIpc) is 3.26. The molecule has 0 unspecified atom stereocenters. The molecule has 2 heterocycles. The van der Waals surface area contributed by atoms with E-state index in [0.717, 1.165) is 41.2 Å². The van der Waals surface area contributed by atoms with Crippen molar-refractivity contribution in [2.45, 2.75) is 25.8 Å². The van der Waals surface area contributed by atoms with Gasteiger partial charge in [-0.3, -0.25) is 24.1 Å². The van der Waals surface area contributed by atoms with Gasteiger partial charge in [-0.05, 0) is 30.9 Å². The second-order valence-corrected chi connectivity index (χ2v) is 8.07. The zero-order valence-electron chi connectivity index (χ0n) is 18.8. The molecule has 3 aromatic rings. The van der Waals surface area contributed by atoms with Gasteiger partial charge in [0.2, 0.25) is 0 Å². The smallest absolute Gasteiger partial charge is 0.272 e. The zero-order chi connectivity index (χ0) is 23.4. The van der Waals surface area contributed by atoms with Crippen molar-refractivity contribution in [1.82, 2.24) is 19.6 Å². The standard InChI is InChI=1S/C26H26N4O3/c1-28-24(31)22(25(32)29(2)26(28)33)17-21-18-30(27-23(21)20-14-7-4-8-15-20)16-10-9-13-19-11-5-3-6-12-19/h3-8,11-12,14-15,17-18H,9-10,13,16H2,1-2H3. The van der Waals surface area contributed by atoms with E-state index >= 15 is 0 Å². The van der Waals surface area contributed by atoms with Crippen LogP contribution in [0.4, 0.5) is 4.79 Å². The first kappa shape index (κ1) is 22.2. The monoisotopic (exact) mass is 442 g/mol. The number of aromatic nitrogens is 2. The van der Waals surface area contributed by atoms with E-state index < -0.39 is 17.8 Å². The minimum atomic E-state index is -0.639. The van der Waals surface area contributed by atoms with Crippen molar-refractivity contribution >= 4 is 23.9 Å². The summed E-state index contributed by atoms with van der Waals surface area (Å²) in [7, 11) is 2.74. The number of hydrogen-bond acceptors (Lipinski definition) is 4. The largest absolute Gasteiger partial charge is 0.333 e. The van der Waals surface area contributed by atoms with Crippen molar-refractivity contribution in [2.75, 3.05) is 14.1 Å². The highest BCUT2D eigenvalue weighted by atomic mass is 16.2. The van der Waals surface area contributed by atoms with E-state index in [9.17, 15) is 14.4 Å². The molecule has 0 radical (unpaired) electrons. The van der Waals surface area contributed by atoms with Gasteiger partial charge in [-0.25, -0.2) is 4.79 Å². The molecule has 0 N–H and O–H groups in total. The molecule has 0 aliphatic carbocycles. The predicted molar refractivity (Wildman–Crippen MR) is 126 cm³/mol. The van der Waals surface area contributed by atoms with Gasteiger partial charge in [0.25, 0.3) is 11.8 Å². The van der Waals surface area contributed by atoms with Crippen LogP contribution in [0, 0.1) is 0 Å². The van der Waals surface area contributed by atoms with E-state index in [2.05, 4.69) is 12.1 Å². The first-order chi connectivity index (χ1) is 16.0. The predicted octanol–water partition coefficient (Wildman–Crippen LogP) is 4.01. The minimum Gasteiger partial charge on any atom is -0.272 e. The summed E-state index contributed by atoms with van der Waals surface area (Å²) < 4.78 is 1.86. The number of benzene rings is 2. The fourth-order valence-corrected chi connectivity index (χ4v) is 3.86. The molecule has 33 heavy (non-hydrogen) atoms. The highest BCUT2D eigenvalue weighted by molar-refractivity contribution is 6.30. The normalized spacial score (nSPS) is 14.2. The topological polar surface area (TPSA) is 75.5 Å². The van der Waals surface area contributed by atoms with Gasteiger partial charge in [0.15, 0.2) is 0 Å². The number of rotatable bonds is 7. The third-order valence-electron chi connectivity index (χ3n) is 5.73. The number of carbonyl (C=O) groups is 3. The molecule has 0 bridgehead atoms. The lowest BCUT2D eigenvalue weighted by molar-refractivity contribution is -0.134. The molecule has 1 fully saturated rings. The fraction of sp³-hybridized carbons (Fsp3) is 0.231. The number of nitrogens with zero attached hydrogens (tertiary/aromatic N) is 4. The Labute approximate surface area is 192 Å². The van der Waals surface area contributed by atoms with Crippen LogP contribution in [0.25, 0.3) is 17.3 Å². The first-order valence-corrected chi connectivity index (χ1v) is 10.9. The maximum absolute atomic E-state index is 12.7. The van der Waals surface area contributed by atoms with Crippen molar-refractivity contribution in [2.24, 2.45) is 0 Å². The number of unbranched alkanes of at least 4 members (excludes halogenated alkanes) is 1. The Morgan fingerprint density at radius 2 is 1.42 bits per heavy atom. The Balaban J connectivity index is 1.59. The van der Waals surface area contributed by atoms with E-state index in [4.69, 9.17) is 5.10 Å². The Bertz CT molecular complexity index is 1170. The molecular formula is C26H26N4O3. The van der Waals surface area contributed by atoms with E-state index in [1.54, 1.807) is 6.08 Å². The number of hydrogen-bond donors (Lipinski definition) is 0. The Kier molecular flexibility index (Phi) is 6.49. The number of urea groups is 1. The van der Waals surface area contributed by atoms with Crippen LogP contribution >= 0.6 is 0 Å². The third-order valence-corrected chi connectivity index (χ3v) is 5.73. The zero-order valence-corrected chi connectivity index (χ0v) is 18.8. The summed E-state index contributed by atoms with van der Waals surface area (Å²) in [5, 5.41) is 4.75. The van der Waals surface area contributed by atoms with Gasteiger partial charge in [-0.15, -0.1) is 0 Å². The lowest BCUT2D eigenvalue weighted by Gasteiger charge is -2.28. The van der Waals surface area contributed by atoms with Gasteiger partial charge in [0, 0.05) is 38.0 Å². The molecule has 1 aromatic heterocycles. The van der Waals surface area contributed by atoms with E-state index in [1.807, 2.05) is 59.4 Å². The van der Waals surface area contributed by atoms with Crippen molar-refractivity contribution in [1.29, 1.82) is 0 Å². The Morgan fingerprint density at radius 1 is 0.818 bits per heavy atom. The summed E-state index contributed by atoms with van der Waals surface area (Å²) in [4.78, 5) is 39.3. The molecule has 1 aliphatic heterocycles. The number of likely N-dealkylation sites (N-methyl/N-ethyl adjacent to an activating group) is 2. The number of carbonyl (C=O) groups excluding carboxylic acids is 3. The summed E-state index contributed by atoms with van der Waals surface area (Å²) in [6, 6.07) is 19.4. The molecule has 0 atom stereocenters. The molecule has 168 valence electrons. The quantitative estimate of drug-likeness (QED) is 0.315. The molecular weight excluding hydrogens is 416 g/mol. The molecule has 0 saturated carbocycles. The van der Waals surface area contributed by atoms with E-state index in [-0.39, 0.29) is 5.57 Å². The molecule has 1 saturated heterocycles. The summed E-state index contributed by atoms with van der Waals surface area (Å²) in [5.74, 6) is -1.23. The van der Waals surface area contributed by atoms with Crippen LogP contribution in [-0.2, 0) is 22.6 Å². The molecule has 7 nitrogen and oxygen atoms in total. The third kappa shape index (κ3) is 4.77. The van der Waals surface area contributed by atoms with Crippen LogP contribution < -0.4 is 0 Å². The fourth-order valence-electron chi connectivity index (χ4n) is 3.86. The molecule has 2 aromatic carbocycles. The molecule has 4 amide bonds. The number of barbiturate groups is 1. The number of amides is 4. The number of aryl methyl sites for hydroxylation is 2. The van der Waals surface area contributed by atoms with Gasteiger partial charge < -0.3 is 0 Å². The van der Waals surface area contributed by atoms with Gasteiger partial charge in [0.1, 0.15) is 5.57 Å². The Hall–Kier alpha value is -4.00. The lowest BCUT2D eigenvalue weighted by atomic mass is 10.0. The van der Waals surface area contributed by atoms with Crippen LogP contribution in [0.2, 0.25) is 0 Å². The van der Waals surface area contributed by atoms with E-state index in [1.165, 1.54) is 19.7 Å². The second-order valence-electron chi connectivity index (χ2n) is 8.07. The molecule has 4 rings (SSSR count). The lowest BCUT2D eigenvalue weighted by Crippen LogP contribution is -2.52. The number of imide groups is 2. The maximum Gasteiger partial charge on any atom is 0.333 e. The Morgan fingerprint density at radius 3 is 2.06 bits per heavy atom. The van der Waals surface area contributed by atoms with Gasteiger partial charge in [0.05, 0.1) is 5.69 Å². The van der Waals surface area contributed by atoms with Crippen LogP contribution in [0.3, 0.4) is 0 Å². The SMILES string of the molecule is CN1C(=O)C(=Cc2cn(CCCCc3ccccc3)nc2-c2ccccc2)C(=O)N(C)C1=O. The van der Waals surface area contributed by atoms with E-state index in [0.29, 0.717) is 11.3 Å². The van der Waals surface area contributed by atoms with Crippen LogP contribution in [0.15, 0.2) is 72.4 Å².